The van der Waals surface area contributed by atoms with Crippen LogP contribution in [0.1, 0.15) is 65.7 Å². The summed E-state index contributed by atoms with van der Waals surface area (Å²) < 4.78 is 0. The largest absolute Gasteiger partial charge is 0.311 e. The minimum Gasteiger partial charge on any atom is -0.311 e. The van der Waals surface area contributed by atoms with Gasteiger partial charge in [-0.1, -0.05) is 52.9 Å². The smallest absolute Gasteiger partial charge is 0.0221 e. The zero-order valence-corrected chi connectivity index (χ0v) is 13.3. The van der Waals surface area contributed by atoms with Crippen molar-refractivity contribution in [1.29, 1.82) is 0 Å². The van der Waals surface area contributed by atoms with Gasteiger partial charge in [0.05, 0.1) is 0 Å². The van der Waals surface area contributed by atoms with Crippen LogP contribution < -0.4 is 5.32 Å². The molecule has 0 bridgehead atoms. The van der Waals surface area contributed by atoms with Crippen LogP contribution in [0.5, 0.6) is 0 Å². The first-order chi connectivity index (χ1) is 9.24. The third-order valence-electron chi connectivity index (χ3n) is 5.66. The Bertz CT molecular complexity index is 248. The predicted molar refractivity (Wildman–Crippen MR) is 83.5 cm³/mol. The third kappa shape index (κ3) is 4.19. The van der Waals surface area contributed by atoms with Crippen LogP contribution in [0.2, 0.25) is 0 Å². The van der Waals surface area contributed by atoms with E-state index in [0.29, 0.717) is 0 Å². The highest BCUT2D eigenvalue weighted by molar-refractivity contribution is 4.88. The summed E-state index contributed by atoms with van der Waals surface area (Å²) in [5, 5.41) is 3.79. The lowest BCUT2D eigenvalue weighted by atomic mass is 9.94. The van der Waals surface area contributed by atoms with Crippen molar-refractivity contribution in [2.24, 2.45) is 11.8 Å². The predicted octanol–water partition coefficient (Wildman–Crippen LogP) is 3.67. The highest BCUT2D eigenvalue weighted by atomic mass is 15.2. The second-order valence-corrected chi connectivity index (χ2v) is 6.90. The first-order valence-electron chi connectivity index (χ1n) is 8.72. The molecule has 0 amide bonds. The maximum absolute atomic E-state index is 3.79. The quantitative estimate of drug-likeness (QED) is 0.789. The molecule has 2 heteroatoms. The highest BCUT2D eigenvalue weighted by Crippen LogP contribution is 2.28. The second-order valence-electron chi connectivity index (χ2n) is 6.90. The van der Waals surface area contributed by atoms with Gasteiger partial charge >= 0.3 is 0 Å². The van der Waals surface area contributed by atoms with Crippen LogP contribution in [0.25, 0.3) is 0 Å². The minimum absolute atomic E-state index is 0.719. The van der Waals surface area contributed by atoms with Gasteiger partial charge in [0, 0.05) is 25.2 Å². The molecule has 2 fully saturated rings. The average Bonchev–Trinajstić information content (AvgIpc) is 2.97. The van der Waals surface area contributed by atoms with Crippen LogP contribution in [-0.2, 0) is 0 Å². The Balaban J connectivity index is 1.82. The highest BCUT2D eigenvalue weighted by Gasteiger charge is 2.29. The number of rotatable bonds is 6. The first-order valence-corrected chi connectivity index (χ1v) is 8.72. The molecule has 1 saturated carbocycles. The maximum Gasteiger partial charge on any atom is 0.0221 e. The summed E-state index contributed by atoms with van der Waals surface area (Å²) in [5.41, 5.74) is 0. The maximum atomic E-state index is 3.79. The van der Waals surface area contributed by atoms with E-state index in [9.17, 15) is 0 Å². The van der Waals surface area contributed by atoms with E-state index in [1.807, 2.05) is 0 Å². The van der Waals surface area contributed by atoms with Gasteiger partial charge in [-0.15, -0.1) is 0 Å². The molecule has 2 nitrogen and oxygen atoms in total. The van der Waals surface area contributed by atoms with Crippen molar-refractivity contribution in [2.75, 3.05) is 19.6 Å². The number of nitrogens with one attached hydrogen (secondary N) is 1. The number of hydrogen-bond donors (Lipinski definition) is 1. The van der Waals surface area contributed by atoms with Crippen molar-refractivity contribution in [3.8, 4) is 0 Å². The second kappa shape index (κ2) is 7.64. The average molecular weight is 266 g/mol. The Labute approximate surface area is 120 Å². The molecule has 0 aromatic rings. The van der Waals surface area contributed by atoms with Crippen molar-refractivity contribution in [3.05, 3.63) is 0 Å². The van der Waals surface area contributed by atoms with Gasteiger partial charge < -0.3 is 5.32 Å². The molecule has 0 radical (unpaired) electrons. The number of hydrogen-bond acceptors (Lipinski definition) is 2. The summed E-state index contributed by atoms with van der Waals surface area (Å²) in [5.74, 6) is 1.85. The fraction of sp³-hybridized carbons (Fsp3) is 1.00. The molecule has 1 N–H and O–H groups in total. The van der Waals surface area contributed by atoms with Crippen molar-refractivity contribution in [1.82, 2.24) is 10.2 Å². The lowest BCUT2D eigenvalue weighted by Crippen LogP contribution is -2.58. The summed E-state index contributed by atoms with van der Waals surface area (Å²) in [4.78, 5) is 2.80. The summed E-state index contributed by atoms with van der Waals surface area (Å²) in [7, 11) is 0. The molecule has 1 heterocycles. The van der Waals surface area contributed by atoms with E-state index < -0.39 is 0 Å². The molecule has 0 aromatic heterocycles. The van der Waals surface area contributed by atoms with Gasteiger partial charge in [0.15, 0.2) is 0 Å². The van der Waals surface area contributed by atoms with E-state index >= 15 is 0 Å². The Morgan fingerprint density at radius 3 is 2.58 bits per heavy atom. The van der Waals surface area contributed by atoms with Crippen LogP contribution in [-0.4, -0.2) is 36.6 Å². The van der Waals surface area contributed by atoms with E-state index in [0.717, 1.165) is 23.9 Å². The lowest BCUT2D eigenvalue weighted by molar-refractivity contribution is 0.0999. The molecule has 0 aromatic carbocycles. The summed E-state index contributed by atoms with van der Waals surface area (Å²) in [6, 6.07) is 1.50. The van der Waals surface area contributed by atoms with Crippen molar-refractivity contribution in [3.63, 3.8) is 0 Å². The van der Waals surface area contributed by atoms with Gasteiger partial charge in [-0.25, -0.2) is 0 Å². The zero-order valence-electron chi connectivity index (χ0n) is 13.3. The van der Waals surface area contributed by atoms with Crippen LogP contribution in [0.4, 0.5) is 0 Å². The summed E-state index contributed by atoms with van der Waals surface area (Å²) in [6.07, 6.45) is 10.0. The van der Waals surface area contributed by atoms with E-state index in [-0.39, 0.29) is 0 Å². The van der Waals surface area contributed by atoms with E-state index in [4.69, 9.17) is 0 Å². The Morgan fingerprint density at radius 2 is 1.95 bits per heavy atom. The van der Waals surface area contributed by atoms with Gasteiger partial charge in [-0.3, -0.25) is 4.90 Å². The van der Waals surface area contributed by atoms with Crippen LogP contribution in [0.15, 0.2) is 0 Å². The minimum atomic E-state index is 0.719. The van der Waals surface area contributed by atoms with E-state index in [1.165, 1.54) is 64.6 Å². The summed E-state index contributed by atoms with van der Waals surface area (Å²) >= 11 is 0. The standard InChI is InChI=1S/C17H34N2/c1-4-14(3)17-13-19(16(5-2)12-18-17)11-10-15-8-6-7-9-15/h14-18H,4-13H2,1-3H3. The monoisotopic (exact) mass is 266 g/mol. The molecular formula is C17H34N2. The Hall–Kier alpha value is -0.0800. The molecule has 1 saturated heterocycles. The van der Waals surface area contributed by atoms with Crippen LogP contribution in [0, 0.1) is 11.8 Å². The molecule has 3 atom stereocenters. The number of nitrogens with zero attached hydrogens (tertiary/aromatic N) is 1. The molecule has 19 heavy (non-hydrogen) atoms. The third-order valence-corrected chi connectivity index (χ3v) is 5.66. The molecule has 0 spiro atoms. The van der Waals surface area contributed by atoms with Crippen molar-refractivity contribution in [2.45, 2.75) is 77.8 Å². The van der Waals surface area contributed by atoms with Crippen LogP contribution in [0.3, 0.4) is 0 Å². The van der Waals surface area contributed by atoms with Crippen LogP contribution >= 0.6 is 0 Å². The van der Waals surface area contributed by atoms with Crippen molar-refractivity contribution >= 4 is 0 Å². The van der Waals surface area contributed by atoms with Gasteiger partial charge in [0.2, 0.25) is 0 Å². The Morgan fingerprint density at radius 1 is 1.21 bits per heavy atom. The number of piperazine rings is 1. The molecule has 1 aliphatic carbocycles. The topological polar surface area (TPSA) is 15.3 Å². The molecular weight excluding hydrogens is 232 g/mol. The zero-order chi connectivity index (χ0) is 13.7. The molecule has 112 valence electrons. The molecule has 1 aliphatic heterocycles. The molecule has 3 unspecified atom stereocenters. The lowest BCUT2D eigenvalue weighted by Gasteiger charge is -2.42. The fourth-order valence-electron chi connectivity index (χ4n) is 3.87. The van der Waals surface area contributed by atoms with Gasteiger partial charge in [0.25, 0.3) is 0 Å². The van der Waals surface area contributed by atoms with E-state index in [1.54, 1.807) is 0 Å². The SMILES string of the molecule is CCC(C)C1CN(CCC2CCCC2)C(CC)CN1. The van der Waals surface area contributed by atoms with Gasteiger partial charge in [-0.2, -0.15) is 0 Å². The van der Waals surface area contributed by atoms with Crippen molar-refractivity contribution < 1.29 is 0 Å². The van der Waals surface area contributed by atoms with E-state index in [2.05, 4.69) is 31.0 Å². The fourth-order valence-corrected chi connectivity index (χ4v) is 3.87. The first kappa shape index (κ1) is 15.3. The van der Waals surface area contributed by atoms with Gasteiger partial charge in [-0.05, 0) is 31.2 Å². The normalized spacial score (nSPS) is 31.7. The van der Waals surface area contributed by atoms with Gasteiger partial charge in [0.1, 0.15) is 0 Å². The molecule has 2 rings (SSSR count). The summed E-state index contributed by atoms with van der Waals surface area (Å²) in [6.45, 7) is 10.9. The molecule has 2 aliphatic rings. The Kier molecular flexibility index (Phi) is 6.15.